The maximum Gasteiger partial charge on any atom is 0.314 e. The van der Waals surface area contributed by atoms with Gasteiger partial charge in [-0.2, -0.15) is 0 Å². The van der Waals surface area contributed by atoms with Gasteiger partial charge >= 0.3 is 5.97 Å². The molecule has 2 atom stereocenters. The second-order valence-corrected chi connectivity index (χ2v) is 6.20. The summed E-state index contributed by atoms with van der Waals surface area (Å²) < 4.78 is 5.16. The van der Waals surface area contributed by atoms with Gasteiger partial charge in [0.2, 0.25) is 0 Å². The number of benzene rings is 1. The molecule has 1 aromatic rings. The zero-order valence-electron chi connectivity index (χ0n) is 12.4. The van der Waals surface area contributed by atoms with Gasteiger partial charge < -0.3 is 9.64 Å². The van der Waals surface area contributed by atoms with Gasteiger partial charge in [-0.1, -0.05) is 12.1 Å². The van der Waals surface area contributed by atoms with Crippen LogP contribution in [0.15, 0.2) is 29.2 Å². The van der Waals surface area contributed by atoms with Crippen LogP contribution < -0.4 is 4.90 Å². The quantitative estimate of drug-likeness (QED) is 0.663. The standard InChI is InChI=1S/C16H23NO2S/c1-3-19-16(18)14-5-4-10-17(12-14)11-13-6-8-15(20-2)9-7-13/h6-9,14H,3-5,10-12H2,1-2H3/p+1/t14-/m1/s1. The molecule has 0 aromatic heterocycles. The lowest BCUT2D eigenvalue weighted by atomic mass is 9.98. The summed E-state index contributed by atoms with van der Waals surface area (Å²) in [4.78, 5) is 14.6. The third-order valence-electron chi connectivity index (χ3n) is 3.85. The lowest BCUT2D eigenvalue weighted by molar-refractivity contribution is -0.921. The van der Waals surface area contributed by atoms with Gasteiger partial charge in [0.25, 0.3) is 0 Å². The average molecular weight is 294 g/mol. The molecule has 0 spiro atoms. The molecule has 0 saturated carbocycles. The van der Waals surface area contributed by atoms with Crippen LogP contribution in [0.1, 0.15) is 25.3 Å². The SMILES string of the molecule is CCOC(=O)[C@@H]1CCC[NH+](Cc2ccc(SC)cc2)C1. The van der Waals surface area contributed by atoms with E-state index in [1.165, 1.54) is 15.4 Å². The highest BCUT2D eigenvalue weighted by atomic mass is 32.2. The summed E-state index contributed by atoms with van der Waals surface area (Å²) >= 11 is 1.77. The van der Waals surface area contributed by atoms with Crippen molar-refractivity contribution >= 4 is 17.7 Å². The molecular formula is C16H24NO2S+. The van der Waals surface area contributed by atoms with Crippen LogP contribution in [0.2, 0.25) is 0 Å². The smallest absolute Gasteiger partial charge is 0.314 e. The highest BCUT2D eigenvalue weighted by Crippen LogP contribution is 2.15. The molecule has 0 bridgehead atoms. The Morgan fingerprint density at radius 2 is 2.15 bits per heavy atom. The van der Waals surface area contributed by atoms with Gasteiger partial charge in [-0.15, -0.1) is 11.8 Å². The number of thioether (sulfide) groups is 1. The Balaban J connectivity index is 1.90. The Morgan fingerprint density at radius 1 is 1.40 bits per heavy atom. The molecule has 1 N–H and O–H groups in total. The van der Waals surface area contributed by atoms with Crippen LogP contribution in [0.4, 0.5) is 0 Å². The van der Waals surface area contributed by atoms with Crippen LogP contribution in [0.5, 0.6) is 0 Å². The molecule has 4 heteroatoms. The van der Waals surface area contributed by atoms with Crippen molar-refractivity contribution in [1.29, 1.82) is 0 Å². The van der Waals surface area contributed by atoms with Crippen LogP contribution in [0, 0.1) is 5.92 Å². The van der Waals surface area contributed by atoms with Crippen LogP contribution in [-0.4, -0.2) is 31.9 Å². The van der Waals surface area contributed by atoms with E-state index >= 15 is 0 Å². The maximum atomic E-state index is 11.8. The minimum atomic E-state index is -0.0116. The van der Waals surface area contributed by atoms with Crippen molar-refractivity contribution < 1.29 is 14.4 Å². The molecule has 0 amide bonds. The third kappa shape index (κ3) is 4.25. The molecule has 110 valence electrons. The summed E-state index contributed by atoms with van der Waals surface area (Å²) in [5.74, 6) is 0.0756. The first-order chi connectivity index (χ1) is 9.72. The Hall–Kier alpha value is -1.00. The molecule has 1 aliphatic heterocycles. The van der Waals surface area contributed by atoms with Crippen LogP contribution in [0.3, 0.4) is 0 Å². The van der Waals surface area contributed by atoms with E-state index in [1.807, 2.05) is 6.92 Å². The maximum absolute atomic E-state index is 11.8. The minimum absolute atomic E-state index is 0.0116. The van der Waals surface area contributed by atoms with Gasteiger partial charge in [-0.3, -0.25) is 4.79 Å². The number of nitrogens with one attached hydrogen (secondary N) is 1. The predicted molar refractivity (Wildman–Crippen MR) is 82.0 cm³/mol. The first-order valence-electron chi connectivity index (χ1n) is 7.36. The molecule has 3 nitrogen and oxygen atoms in total. The molecule has 1 saturated heterocycles. The number of likely N-dealkylation sites (tertiary alicyclic amines) is 1. The van der Waals surface area contributed by atoms with Gasteiger partial charge in [0.15, 0.2) is 0 Å². The van der Waals surface area contributed by atoms with Crippen molar-refractivity contribution in [3.63, 3.8) is 0 Å². The van der Waals surface area contributed by atoms with Crippen LogP contribution >= 0.6 is 11.8 Å². The van der Waals surface area contributed by atoms with E-state index in [0.717, 1.165) is 32.5 Å². The first kappa shape index (κ1) is 15.4. The zero-order chi connectivity index (χ0) is 14.4. The number of rotatable bonds is 5. The van der Waals surface area contributed by atoms with Crippen molar-refractivity contribution in [3.8, 4) is 0 Å². The number of piperidine rings is 1. The van der Waals surface area contributed by atoms with Gasteiger partial charge in [-0.25, -0.2) is 0 Å². The first-order valence-corrected chi connectivity index (χ1v) is 8.58. The summed E-state index contributed by atoms with van der Waals surface area (Å²) in [6, 6.07) is 8.75. The lowest BCUT2D eigenvalue weighted by Gasteiger charge is -2.28. The van der Waals surface area contributed by atoms with Crippen molar-refractivity contribution in [2.24, 2.45) is 5.92 Å². The van der Waals surface area contributed by atoms with Crippen LogP contribution in [0.25, 0.3) is 0 Å². The molecule has 1 aromatic carbocycles. The normalized spacial score (nSPS) is 22.5. The molecule has 20 heavy (non-hydrogen) atoms. The largest absolute Gasteiger partial charge is 0.466 e. The van der Waals surface area contributed by atoms with Crippen LogP contribution in [-0.2, 0) is 16.1 Å². The third-order valence-corrected chi connectivity index (χ3v) is 4.59. The average Bonchev–Trinajstić information content (AvgIpc) is 2.48. The summed E-state index contributed by atoms with van der Waals surface area (Å²) in [6.07, 6.45) is 4.18. The highest BCUT2D eigenvalue weighted by molar-refractivity contribution is 7.98. The number of ether oxygens (including phenoxy) is 1. The number of hydrogen-bond acceptors (Lipinski definition) is 3. The van der Waals surface area contributed by atoms with E-state index in [1.54, 1.807) is 11.8 Å². The predicted octanol–water partition coefficient (Wildman–Crippen LogP) is 1.77. The monoisotopic (exact) mass is 294 g/mol. The Kier molecular flexibility index (Phi) is 5.92. The van der Waals surface area contributed by atoms with E-state index in [9.17, 15) is 4.79 Å². The van der Waals surface area contributed by atoms with Crippen molar-refractivity contribution in [1.82, 2.24) is 0 Å². The van der Waals surface area contributed by atoms with Crippen molar-refractivity contribution in [2.45, 2.75) is 31.2 Å². The molecule has 1 unspecified atom stereocenters. The van der Waals surface area contributed by atoms with Gasteiger partial charge in [0.05, 0.1) is 19.7 Å². The molecule has 0 radical (unpaired) electrons. The number of quaternary nitrogens is 1. The highest BCUT2D eigenvalue weighted by Gasteiger charge is 2.29. The second kappa shape index (κ2) is 7.70. The van der Waals surface area contributed by atoms with Gasteiger partial charge in [0, 0.05) is 10.5 Å². The summed E-state index contributed by atoms with van der Waals surface area (Å²) in [7, 11) is 0. The van der Waals surface area contributed by atoms with E-state index in [2.05, 4.69) is 30.5 Å². The van der Waals surface area contributed by atoms with Crippen molar-refractivity contribution in [3.05, 3.63) is 29.8 Å². The van der Waals surface area contributed by atoms with E-state index in [4.69, 9.17) is 4.74 Å². The van der Waals surface area contributed by atoms with Gasteiger partial charge in [-0.05, 0) is 38.2 Å². The Morgan fingerprint density at radius 3 is 2.80 bits per heavy atom. The summed E-state index contributed by atoms with van der Waals surface area (Å²) in [6.45, 7) is 5.42. The molecule has 0 aliphatic carbocycles. The topological polar surface area (TPSA) is 30.7 Å². The van der Waals surface area contributed by atoms with Gasteiger partial charge in [0.1, 0.15) is 12.5 Å². The second-order valence-electron chi connectivity index (χ2n) is 5.32. The lowest BCUT2D eigenvalue weighted by Crippen LogP contribution is -3.12. The fourth-order valence-corrected chi connectivity index (χ4v) is 3.21. The zero-order valence-corrected chi connectivity index (χ0v) is 13.2. The van der Waals surface area contributed by atoms with E-state index in [-0.39, 0.29) is 11.9 Å². The number of hydrogen-bond donors (Lipinski definition) is 1. The minimum Gasteiger partial charge on any atom is -0.466 e. The Bertz CT molecular complexity index is 433. The molecule has 2 rings (SSSR count). The van der Waals surface area contributed by atoms with E-state index < -0.39 is 0 Å². The fraction of sp³-hybridized carbons (Fsp3) is 0.562. The molecule has 1 aliphatic rings. The summed E-state index contributed by atoms with van der Waals surface area (Å²) in [5, 5.41) is 0. The van der Waals surface area contributed by atoms with E-state index in [0.29, 0.717) is 6.61 Å². The molecule has 1 heterocycles. The molecular weight excluding hydrogens is 270 g/mol. The number of carbonyl (C=O) groups is 1. The Labute approximate surface area is 125 Å². The molecule has 1 fully saturated rings. The van der Waals surface area contributed by atoms with Crippen molar-refractivity contribution in [2.75, 3.05) is 26.0 Å². The number of carbonyl (C=O) groups excluding carboxylic acids is 1. The number of esters is 1. The summed E-state index contributed by atoms with van der Waals surface area (Å²) in [5.41, 5.74) is 1.35. The fourth-order valence-electron chi connectivity index (χ4n) is 2.80.